The Balaban J connectivity index is 2.91. The Morgan fingerprint density at radius 2 is 2.06 bits per heavy atom. The van der Waals surface area contributed by atoms with Crippen LogP contribution in [-0.4, -0.2) is 23.2 Å². The highest BCUT2D eigenvalue weighted by Crippen LogP contribution is 2.32. The number of rotatable bonds is 5. The molecule has 0 saturated heterocycles. The predicted molar refractivity (Wildman–Crippen MR) is 68.7 cm³/mol. The molecule has 1 atom stereocenters. The van der Waals surface area contributed by atoms with Crippen molar-refractivity contribution < 1.29 is 5.11 Å². The number of nitrogens with zero attached hydrogens (tertiary/aromatic N) is 1. The van der Waals surface area contributed by atoms with Gasteiger partial charge in [0.05, 0.1) is 17.3 Å². The first-order valence-electron chi connectivity index (χ1n) is 5.69. The Bertz CT molecular complexity index is 323. The minimum atomic E-state index is -0.225. The monoisotopic (exact) mass is 242 g/mol. The molecule has 0 bridgehead atoms. The molecule has 0 amide bonds. The van der Waals surface area contributed by atoms with Gasteiger partial charge in [0.2, 0.25) is 0 Å². The van der Waals surface area contributed by atoms with Crippen LogP contribution < -0.4 is 5.73 Å². The Morgan fingerprint density at radius 1 is 1.44 bits per heavy atom. The Labute approximate surface area is 102 Å². The second-order valence-electron chi connectivity index (χ2n) is 4.81. The standard InChI is InChI=1S/C12H22N2OS/c1-8(2)12(6-13,7-15)5-11-14-9(3)10(4)16-11/h8,15H,5-7,13H2,1-4H3. The fraction of sp³-hybridized carbons (Fsp3) is 0.750. The van der Waals surface area contributed by atoms with Crippen LogP contribution in [0.5, 0.6) is 0 Å². The van der Waals surface area contributed by atoms with Crippen LogP contribution in [0.4, 0.5) is 0 Å². The van der Waals surface area contributed by atoms with Crippen LogP contribution >= 0.6 is 11.3 Å². The Hall–Kier alpha value is -0.450. The van der Waals surface area contributed by atoms with Gasteiger partial charge in [0, 0.05) is 23.3 Å². The summed E-state index contributed by atoms with van der Waals surface area (Å²) < 4.78 is 0. The van der Waals surface area contributed by atoms with Crippen molar-refractivity contribution in [2.24, 2.45) is 17.1 Å². The van der Waals surface area contributed by atoms with Gasteiger partial charge < -0.3 is 10.8 Å². The minimum Gasteiger partial charge on any atom is -0.396 e. The van der Waals surface area contributed by atoms with Gasteiger partial charge in [-0.1, -0.05) is 13.8 Å². The molecule has 0 spiro atoms. The number of nitrogens with two attached hydrogens (primary N) is 1. The van der Waals surface area contributed by atoms with Crippen LogP contribution in [0.15, 0.2) is 0 Å². The summed E-state index contributed by atoms with van der Waals surface area (Å²) >= 11 is 1.71. The van der Waals surface area contributed by atoms with Crippen molar-refractivity contribution in [2.75, 3.05) is 13.2 Å². The SMILES string of the molecule is Cc1nc(CC(CN)(CO)C(C)C)sc1C. The van der Waals surface area contributed by atoms with Gasteiger partial charge in [-0.25, -0.2) is 4.98 Å². The third-order valence-corrected chi connectivity index (χ3v) is 4.60. The normalized spacial score (nSPS) is 15.4. The smallest absolute Gasteiger partial charge is 0.0937 e. The topological polar surface area (TPSA) is 59.1 Å². The molecule has 92 valence electrons. The largest absolute Gasteiger partial charge is 0.396 e. The first-order valence-corrected chi connectivity index (χ1v) is 6.50. The zero-order valence-electron chi connectivity index (χ0n) is 10.6. The first kappa shape index (κ1) is 13.6. The molecule has 0 radical (unpaired) electrons. The van der Waals surface area contributed by atoms with Gasteiger partial charge in [0.15, 0.2) is 0 Å². The number of aliphatic hydroxyl groups is 1. The average molecular weight is 242 g/mol. The molecule has 1 aromatic rings. The summed E-state index contributed by atoms with van der Waals surface area (Å²) in [5, 5.41) is 10.7. The molecule has 0 aromatic carbocycles. The highest BCUT2D eigenvalue weighted by atomic mass is 32.1. The number of hydrogen-bond acceptors (Lipinski definition) is 4. The molecule has 1 unspecified atom stereocenters. The van der Waals surface area contributed by atoms with E-state index in [2.05, 4.69) is 25.8 Å². The molecule has 1 heterocycles. The van der Waals surface area contributed by atoms with Crippen LogP contribution in [0.25, 0.3) is 0 Å². The lowest BCUT2D eigenvalue weighted by Crippen LogP contribution is -2.41. The molecule has 3 nitrogen and oxygen atoms in total. The molecule has 0 aliphatic carbocycles. The molecule has 4 heteroatoms. The maximum Gasteiger partial charge on any atom is 0.0937 e. The number of aryl methyl sites for hydroxylation is 2. The average Bonchev–Trinajstić information content (AvgIpc) is 2.54. The van der Waals surface area contributed by atoms with Crippen molar-refractivity contribution in [1.29, 1.82) is 0 Å². The highest BCUT2D eigenvalue weighted by molar-refractivity contribution is 7.11. The molecule has 0 aliphatic heterocycles. The van der Waals surface area contributed by atoms with Gasteiger partial charge >= 0.3 is 0 Å². The summed E-state index contributed by atoms with van der Waals surface area (Å²) in [7, 11) is 0. The number of hydrogen-bond donors (Lipinski definition) is 2. The van der Waals surface area contributed by atoms with Crippen LogP contribution in [-0.2, 0) is 6.42 Å². The first-order chi connectivity index (χ1) is 7.45. The second-order valence-corrected chi connectivity index (χ2v) is 6.09. The summed E-state index contributed by atoms with van der Waals surface area (Å²) in [6.07, 6.45) is 0.775. The number of aliphatic hydroxyl groups excluding tert-OH is 1. The molecule has 0 saturated carbocycles. The lowest BCUT2D eigenvalue weighted by Gasteiger charge is -2.33. The van der Waals surface area contributed by atoms with Crippen molar-refractivity contribution in [3.05, 3.63) is 15.6 Å². The van der Waals surface area contributed by atoms with Crippen LogP contribution in [0.1, 0.15) is 29.4 Å². The lowest BCUT2D eigenvalue weighted by molar-refractivity contribution is 0.0842. The zero-order valence-corrected chi connectivity index (χ0v) is 11.4. The van der Waals surface area contributed by atoms with E-state index in [4.69, 9.17) is 5.73 Å². The summed E-state index contributed by atoms with van der Waals surface area (Å²) in [5.74, 6) is 0.354. The highest BCUT2D eigenvalue weighted by Gasteiger charge is 2.33. The van der Waals surface area contributed by atoms with Crippen molar-refractivity contribution in [3.63, 3.8) is 0 Å². The van der Waals surface area contributed by atoms with E-state index in [1.165, 1.54) is 4.88 Å². The Morgan fingerprint density at radius 3 is 2.38 bits per heavy atom. The van der Waals surface area contributed by atoms with E-state index in [0.717, 1.165) is 17.1 Å². The van der Waals surface area contributed by atoms with E-state index in [0.29, 0.717) is 12.5 Å². The maximum atomic E-state index is 9.58. The fourth-order valence-electron chi connectivity index (χ4n) is 1.73. The van der Waals surface area contributed by atoms with Crippen molar-refractivity contribution in [2.45, 2.75) is 34.1 Å². The molecule has 3 N–H and O–H groups in total. The van der Waals surface area contributed by atoms with Gasteiger partial charge in [0.25, 0.3) is 0 Å². The van der Waals surface area contributed by atoms with E-state index >= 15 is 0 Å². The maximum absolute atomic E-state index is 9.58. The molecular weight excluding hydrogens is 220 g/mol. The summed E-state index contributed by atoms with van der Waals surface area (Å²) in [5.41, 5.74) is 6.69. The second kappa shape index (κ2) is 5.25. The van der Waals surface area contributed by atoms with Crippen LogP contribution in [0.3, 0.4) is 0 Å². The zero-order chi connectivity index (χ0) is 12.3. The van der Waals surface area contributed by atoms with E-state index in [-0.39, 0.29) is 12.0 Å². The third-order valence-electron chi connectivity index (χ3n) is 3.52. The number of thiazole rings is 1. The lowest BCUT2D eigenvalue weighted by atomic mass is 9.75. The van der Waals surface area contributed by atoms with Crippen molar-refractivity contribution in [3.8, 4) is 0 Å². The third kappa shape index (κ3) is 2.62. The van der Waals surface area contributed by atoms with E-state index in [1.54, 1.807) is 11.3 Å². The van der Waals surface area contributed by atoms with Gasteiger partial charge in [-0.2, -0.15) is 0 Å². The number of aromatic nitrogens is 1. The van der Waals surface area contributed by atoms with Gasteiger partial charge in [-0.15, -0.1) is 11.3 Å². The van der Waals surface area contributed by atoms with Crippen molar-refractivity contribution in [1.82, 2.24) is 4.98 Å². The quantitative estimate of drug-likeness (QED) is 0.829. The van der Waals surface area contributed by atoms with Gasteiger partial charge in [0.1, 0.15) is 0 Å². The molecule has 1 rings (SSSR count). The van der Waals surface area contributed by atoms with Crippen molar-refractivity contribution >= 4 is 11.3 Å². The molecule has 0 fully saturated rings. The molecule has 0 aliphatic rings. The van der Waals surface area contributed by atoms with E-state index < -0.39 is 0 Å². The summed E-state index contributed by atoms with van der Waals surface area (Å²) in [4.78, 5) is 5.78. The van der Waals surface area contributed by atoms with Gasteiger partial charge in [-0.05, 0) is 19.8 Å². The molecular formula is C12H22N2OS. The summed E-state index contributed by atoms with van der Waals surface area (Å²) in [6.45, 7) is 8.94. The molecule has 1 aromatic heterocycles. The van der Waals surface area contributed by atoms with Crippen LogP contribution in [0, 0.1) is 25.2 Å². The molecule has 16 heavy (non-hydrogen) atoms. The predicted octanol–water partition coefficient (Wildman–Crippen LogP) is 1.90. The van der Waals surface area contributed by atoms with E-state index in [9.17, 15) is 5.11 Å². The minimum absolute atomic E-state index is 0.124. The summed E-state index contributed by atoms with van der Waals surface area (Å²) in [6, 6.07) is 0. The van der Waals surface area contributed by atoms with E-state index in [1.807, 2.05) is 6.92 Å². The van der Waals surface area contributed by atoms with Crippen LogP contribution in [0.2, 0.25) is 0 Å². The Kier molecular flexibility index (Phi) is 4.47. The fourth-order valence-corrected chi connectivity index (χ4v) is 2.82. The van der Waals surface area contributed by atoms with Gasteiger partial charge in [-0.3, -0.25) is 0 Å².